The monoisotopic (exact) mass is 432 g/mol. The van der Waals surface area contributed by atoms with Crippen LogP contribution in [0.3, 0.4) is 0 Å². The zero-order chi connectivity index (χ0) is 21.8. The minimum Gasteiger partial charge on any atom is -0.486 e. The lowest BCUT2D eigenvalue weighted by Gasteiger charge is -2.15. The maximum Gasteiger partial charge on any atom is 0.265 e. The molecule has 0 aliphatic heterocycles. The second-order valence-electron chi connectivity index (χ2n) is 7.41. The van der Waals surface area contributed by atoms with Gasteiger partial charge in [-0.3, -0.25) is 4.79 Å². The first kappa shape index (κ1) is 20.8. The minimum absolute atomic E-state index is 0.0518. The first-order chi connectivity index (χ1) is 15.0. The maximum atomic E-state index is 13.0. The zero-order valence-electron chi connectivity index (χ0n) is 17.8. The third-order valence-electron chi connectivity index (χ3n) is 4.84. The molecule has 2 aromatic heterocycles. The number of carbonyl (C=O) groups is 1. The molecule has 158 valence electrons. The fourth-order valence-corrected chi connectivity index (χ4v) is 4.15. The minimum atomic E-state index is -0.0518. The highest BCUT2D eigenvalue weighted by Crippen LogP contribution is 2.22. The van der Waals surface area contributed by atoms with Gasteiger partial charge in [0.15, 0.2) is 0 Å². The molecule has 0 unspecified atom stereocenters. The quantitative estimate of drug-likeness (QED) is 0.421. The molecule has 7 heteroatoms. The number of aromatic nitrogens is 3. The fourth-order valence-electron chi connectivity index (χ4n) is 3.17. The molecule has 0 atom stereocenters. The summed E-state index contributed by atoms with van der Waals surface area (Å²) in [4.78, 5) is 19.9. The van der Waals surface area contributed by atoms with Crippen molar-refractivity contribution < 1.29 is 9.53 Å². The summed E-state index contributed by atoms with van der Waals surface area (Å²) in [7, 11) is 1.80. The molecule has 1 amide bonds. The van der Waals surface area contributed by atoms with E-state index in [0.717, 1.165) is 27.7 Å². The van der Waals surface area contributed by atoms with Crippen molar-refractivity contribution in [3.05, 3.63) is 93.7 Å². The van der Waals surface area contributed by atoms with Gasteiger partial charge in [-0.2, -0.15) is 5.10 Å². The molecule has 2 heterocycles. The number of benzene rings is 2. The number of para-hydroxylation sites is 1. The molecule has 6 nitrogen and oxygen atoms in total. The molecule has 0 aliphatic rings. The van der Waals surface area contributed by atoms with Crippen LogP contribution >= 0.6 is 11.3 Å². The van der Waals surface area contributed by atoms with Gasteiger partial charge in [0.1, 0.15) is 22.2 Å². The summed E-state index contributed by atoms with van der Waals surface area (Å²) in [6.45, 7) is 4.71. The standard InChI is InChI=1S/C24H24N4O2S/c1-17-9-11-21(12-10-17)30-16-22-26-18(2)23(31-22)24(29)27(3)14-19-13-25-28(15-19)20-7-5-4-6-8-20/h4-13,15H,14,16H2,1-3H3. The highest BCUT2D eigenvalue weighted by atomic mass is 32.1. The molecule has 0 bridgehead atoms. The van der Waals surface area contributed by atoms with Crippen LogP contribution in [0.2, 0.25) is 0 Å². The van der Waals surface area contributed by atoms with Gasteiger partial charge >= 0.3 is 0 Å². The lowest BCUT2D eigenvalue weighted by atomic mass is 10.2. The van der Waals surface area contributed by atoms with Gasteiger partial charge < -0.3 is 9.64 Å². The third-order valence-corrected chi connectivity index (χ3v) is 5.96. The number of carbonyl (C=O) groups excluding carboxylic acids is 1. The highest BCUT2D eigenvalue weighted by molar-refractivity contribution is 7.13. The fraction of sp³-hybridized carbons (Fsp3) is 0.208. The average Bonchev–Trinajstić information content (AvgIpc) is 3.40. The molecule has 4 rings (SSSR count). The number of ether oxygens (including phenoxy) is 1. The zero-order valence-corrected chi connectivity index (χ0v) is 18.6. The van der Waals surface area contributed by atoms with Crippen LogP contribution in [0.5, 0.6) is 5.75 Å². The topological polar surface area (TPSA) is 60.2 Å². The van der Waals surface area contributed by atoms with Crippen LogP contribution in [0.25, 0.3) is 5.69 Å². The Morgan fingerprint density at radius 2 is 1.84 bits per heavy atom. The molecular formula is C24H24N4O2S. The number of aryl methyl sites for hydroxylation is 2. The summed E-state index contributed by atoms with van der Waals surface area (Å²) in [5.41, 5.74) is 3.86. The lowest BCUT2D eigenvalue weighted by Crippen LogP contribution is -2.25. The van der Waals surface area contributed by atoms with Crippen LogP contribution in [0.1, 0.15) is 31.5 Å². The van der Waals surface area contributed by atoms with E-state index in [1.165, 1.54) is 16.9 Å². The predicted octanol–water partition coefficient (Wildman–Crippen LogP) is 4.80. The molecule has 0 saturated heterocycles. The summed E-state index contributed by atoms with van der Waals surface area (Å²) < 4.78 is 7.62. The van der Waals surface area contributed by atoms with Crippen molar-refractivity contribution in [3.63, 3.8) is 0 Å². The van der Waals surface area contributed by atoms with Gasteiger partial charge in [-0.25, -0.2) is 9.67 Å². The van der Waals surface area contributed by atoms with Gasteiger partial charge in [0.05, 0.1) is 17.6 Å². The van der Waals surface area contributed by atoms with Crippen LogP contribution in [0.4, 0.5) is 0 Å². The Kier molecular flexibility index (Phi) is 6.13. The van der Waals surface area contributed by atoms with Crippen LogP contribution in [0.15, 0.2) is 67.0 Å². The van der Waals surface area contributed by atoms with E-state index in [4.69, 9.17) is 4.74 Å². The molecule has 4 aromatic rings. The molecule has 0 fully saturated rings. The van der Waals surface area contributed by atoms with Crippen molar-refractivity contribution in [3.8, 4) is 11.4 Å². The molecule has 0 saturated carbocycles. The Balaban J connectivity index is 1.39. The van der Waals surface area contributed by atoms with Gasteiger partial charge in [0.25, 0.3) is 5.91 Å². The van der Waals surface area contributed by atoms with E-state index in [0.29, 0.717) is 18.0 Å². The number of nitrogens with zero attached hydrogens (tertiary/aromatic N) is 4. The largest absolute Gasteiger partial charge is 0.486 e. The SMILES string of the molecule is Cc1ccc(OCc2nc(C)c(C(=O)N(C)Cc3cnn(-c4ccccc4)c3)s2)cc1. The summed E-state index contributed by atoms with van der Waals surface area (Å²) >= 11 is 1.38. The first-order valence-electron chi connectivity index (χ1n) is 10.00. The Hall–Kier alpha value is -3.45. The van der Waals surface area contributed by atoms with Crippen molar-refractivity contribution in [1.82, 2.24) is 19.7 Å². The number of hydrogen-bond acceptors (Lipinski definition) is 5. The van der Waals surface area contributed by atoms with Gasteiger partial charge in [0.2, 0.25) is 0 Å². The Labute approximate surface area is 185 Å². The second kappa shape index (κ2) is 9.14. The van der Waals surface area contributed by atoms with Crippen LogP contribution in [-0.4, -0.2) is 32.6 Å². The van der Waals surface area contributed by atoms with Crippen molar-refractivity contribution in [2.75, 3.05) is 7.05 Å². The van der Waals surface area contributed by atoms with Gasteiger partial charge in [-0.1, -0.05) is 35.9 Å². The van der Waals surface area contributed by atoms with E-state index < -0.39 is 0 Å². The maximum absolute atomic E-state index is 13.0. The van der Waals surface area contributed by atoms with Gasteiger partial charge in [-0.15, -0.1) is 11.3 Å². The number of thiazole rings is 1. The van der Waals surface area contributed by atoms with Gasteiger partial charge in [-0.05, 0) is 38.1 Å². The molecular weight excluding hydrogens is 408 g/mol. The van der Waals surface area contributed by atoms with Gasteiger partial charge in [0, 0.05) is 25.4 Å². The van der Waals surface area contributed by atoms with E-state index >= 15 is 0 Å². The van der Waals surface area contributed by atoms with Crippen LogP contribution < -0.4 is 4.74 Å². The number of amides is 1. The number of hydrogen-bond donors (Lipinski definition) is 0. The Morgan fingerprint density at radius 3 is 2.58 bits per heavy atom. The normalized spacial score (nSPS) is 10.8. The van der Waals surface area contributed by atoms with Crippen molar-refractivity contribution >= 4 is 17.2 Å². The van der Waals surface area contributed by atoms with Crippen LogP contribution in [0, 0.1) is 13.8 Å². The summed E-state index contributed by atoms with van der Waals surface area (Å²) in [6.07, 6.45) is 3.73. The van der Waals surface area contributed by atoms with Crippen molar-refractivity contribution in [2.24, 2.45) is 0 Å². The Bertz CT molecular complexity index is 1170. The predicted molar refractivity (Wildman–Crippen MR) is 122 cm³/mol. The molecule has 31 heavy (non-hydrogen) atoms. The molecule has 0 N–H and O–H groups in total. The smallest absolute Gasteiger partial charge is 0.265 e. The van der Waals surface area contributed by atoms with E-state index in [1.54, 1.807) is 18.1 Å². The van der Waals surface area contributed by atoms with E-state index in [2.05, 4.69) is 10.1 Å². The molecule has 0 aliphatic carbocycles. The number of rotatable bonds is 7. The van der Waals surface area contributed by atoms with Crippen molar-refractivity contribution in [1.29, 1.82) is 0 Å². The van der Waals surface area contributed by atoms with E-state index in [9.17, 15) is 4.79 Å². The summed E-state index contributed by atoms with van der Waals surface area (Å²) in [5, 5.41) is 5.19. The van der Waals surface area contributed by atoms with E-state index in [-0.39, 0.29) is 5.91 Å². The first-order valence-corrected chi connectivity index (χ1v) is 10.8. The lowest BCUT2D eigenvalue weighted by molar-refractivity contribution is 0.0789. The molecule has 0 spiro atoms. The van der Waals surface area contributed by atoms with E-state index in [1.807, 2.05) is 79.3 Å². The summed E-state index contributed by atoms with van der Waals surface area (Å²) in [6, 6.07) is 17.8. The average molecular weight is 433 g/mol. The van der Waals surface area contributed by atoms with Crippen molar-refractivity contribution in [2.45, 2.75) is 27.0 Å². The third kappa shape index (κ3) is 5.00. The molecule has 2 aromatic carbocycles. The Morgan fingerprint density at radius 1 is 1.10 bits per heavy atom. The molecule has 0 radical (unpaired) electrons. The summed E-state index contributed by atoms with van der Waals surface area (Å²) in [5.74, 6) is 0.739. The highest BCUT2D eigenvalue weighted by Gasteiger charge is 2.20. The second-order valence-corrected chi connectivity index (χ2v) is 8.50. The van der Waals surface area contributed by atoms with Crippen LogP contribution in [-0.2, 0) is 13.2 Å².